The van der Waals surface area contributed by atoms with E-state index in [1.54, 1.807) is 33.4 Å². The summed E-state index contributed by atoms with van der Waals surface area (Å²) in [6.07, 6.45) is 0.504. The molecular weight excluding hydrogens is 757 g/mol. The van der Waals surface area contributed by atoms with Crippen LogP contribution in [0.1, 0.15) is 46.5 Å². The molecule has 5 rings (SSSR count). The van der Waals surface area contributed by atoms with Crippen molar-refractivity contribution >= 4 is 54.6 Å². The number of hydrogen-bond donors (Lipinski definition) is 5. The maximum Gasteiger partial charge on any atom is 0.475 e. The van der Waals surface area contributed by atoms with Crippen molar-refractivity contribution in [2.45, 2.75) is 70.5 Å². The first-order chi connectivity index (χ1) is 27.0. The van der Waals surface area contributed by atoms with E-state index in [9.17, 15) is 48.4 Å². The third kappa shape index (κ3) is 11.8. The molecular formula is C33H53BN9O14+. The maximum absolute atomic E-state index is 13.9. The first-order valence-electron chi connectivity index (χ1n) is 19.3. The van der Waals surface area contributed by atoms with E-state index >= 15 is 0 Å². The van der Waals surface area contributed by atoms with Gasteiger partial charge in [-0.1, -0.05) is 13.8 Å². The number of amides is 4. The lowest BCUT2D eigenvalue weighted by Crippen LogP contribution is -2.57. The molecule has 316 valence electrons. The zero-order valence-corrected chi connectivity index (χ0v) is 32.5. The number of nitrogens with zero attached hydrogens (tertiary/aromatic N) is 6. The highest BCUT2D eigenvalue weighted by atomic mass is 17.4. The topological polar surface area (TPSA) is 266 Å². The number of carbonyl (C=O) groups excluding carboxylic acids is 8. The van der Waals surface area contributed by atoms with Crippen LogP contribution >= 0.6 is 0 Å². The lowest BCUT2D eigenvalue weighted by atomic mass is 9.78. The highest BCUT2D eigenvalue weighted by Crippen LogP contribution is 2.23. The molecule has 0 saturated carbocycles. The van der Waals surface area contributed by atoms with Crippen molar-refractivity contribution in [1.82, 2.24) is 40.4 Å². The normalized spacial score (nSPS) is 30.5. The summed E-state index contributed by atoms with van der Waals surface area (Å²) in [5, 5.41) is 24.6. The van der Waals surface area contributed by atoms with E-state index in [1.807, 2.05) is 0 Å². The highest BCUT2D eigenvalue weighted by Gasteiger charge is 2.55. The van der Waals surface area contributed by atoms with E-state index < -0.39 is 96.3 Å². The van der Waals surface area contributed by atoms with E-state index in [2.05, 4.69) is 16.0 Å². The summed E-state index contributed by atoms with van der Waals surface area (Å²) in [7, 11) is -1.72. The van der Waals surface area contributed by atoms with E-state index in [0.29, 0.717) is 45.6 Å². The lowest BCUT2D eigenvalue weighted by Gasteiger charge is -2.34. The third-order valence-electron chi connectivity index (χ3n) is 10.5. The minimum Gasteiger partial charge on any atom is -0.426 e. The van der Waals surface area contributed by atoms with Crippen LogP contribution in [0.2, 0.25) is 0 Å². The molecule has 2 unspecified atom stereocenters. The van der Waals surface area contributed by atoms with Gasteiger partial charge in [-0.25, -0.2) is 19.2 Å². The van der Waals surface area contributed by atoms with Gasteiger partial charge in [0, 0.05) is 65.3 Å². The third-order valence-corrected chi connectivity index (χ3v) is 10.5. The minimum atomic E-state index is -2.26. The molecule has 6 atom stereocenters. The molecule has 0 aromatic rings. The Hall–Kier alpha value is -4.46. The van der Waals surface area contributed by atoms with Gasteiger partial charge in [-0.15, -0.1) is 19.4 Å². The second-order valence-electron chi connectivity index (χ2n) is 15.1. The molecule has 0 aromatic carbocycles. The van der Waals surface area contributed by atoms with Crippen LogP contribution in [0, 0.1) is 5.92 Å². The van der Waals surface area contributed by atoms with Crippen molar-refractivity contribution < 1.29 is 72.9 Å². The molecule has 5 aliphatic rings. The number of nitrogens with one attached hydrogen (secondary N) is 3. The fourth-order valence-electron chi connectivity index (χ4n) is 7.36. The van der Waals surface area contributed by atoms with E-state index in [1.165, 1.54) is 11.8 Å². The van der Waals surface area contributed by atoms with Gasteiger partial charge >= 0.3 is 36.1 Å². The standard InChI is InChI=1S/C33H52BN9O14/c1-21(2)30(31(49)36-22(3)32(50)42-8-4-5-24(42)34(52)53)37-26(45)17-35-25(44)7-6-23-33(51)57-43-54-27(46)18-38-9-11-39(19-28(47)55-43)13-15-41(23)16-14-40(12-10-38)20-29(48)56-43/h21-24,30,52-53H,4-20H2,1-3H3,(H2-,35,36,37,44,45,49)/p+1/t22-,23+,24+,30+/m1/s1. The van der Waals surface area contributed by atoms with Gasteiger partial charge < -0.3 is 30.9 Å². The van der Waals surface area contributed by atoms with Gasteiger partial charge in [0.2, 0.25) is 23.6 Å². The summed E-state index contributed by atoms with van der Waals surface area (Å²) in [5.74, 6) is -7.80. The van der Waals surface area contributed by atoms with Gasteiger partial charge in [0.1, 0.15) is 37.8 Å². The molecule has 5 saturated heterocycles. The van der Waals surface area contributed by atoms with E-state index in [-0.39, 0.29) is 58.7 Å². The second kappa shape index (κ2) is 19.3. The molecule has 0 aliphatic carbocycles. The molecule has 23 nitrogen and oxygen atoms in total. The molecule has 5 fully saturated rings. The number of likely N-dealkylation sites (tertiary alicyclic amines) is 1. The number of fused-ring (bicyclic) bond motifs is 12. The van der Waals surface area contributed by atoms with Crippen LogP contribution < -0.4 is 16.0 Å². The summed E-state index contributed by atoms with van der Waals surface area (Å²) >= 11 is 0. The predicted octanol–water partition coefficient (Wildman–Crippen LogP) is -5.19. The summed E-state index contributed by atoms with van der Waals surface area (Å²) in [6.45, 7) is 6.22. The molecule has 5 aliphatic heterocycles. The Morgan fingerprint density at radius 1 is 0.754 bits per heavy atom. The van der Waals surface area contributed by atoms with E-state index in [4.69, 9.17) is 19.4 Å². The fourth-order valence-corrected chi connectivity index (χ4v) is 7.36. The monoisotopic (exact) mass is 810 g/mol. The first-order valence-corrected chi connectivity index (χ1v) is 19.3. The average molecular weight is 811 g/mol. The Morgan fingerprint density at radius 2 is 1.28 bits per heavy atom. The molecule has 24 heteroatoms. The lowest BCUT2D eigenvalue weighted by molar-refractivity contribution is -1.44. The van der Waals surface area contributed by atoms with Gasteiger partial charge in [0.25, 0.3) is 0 Å². The van der Waals surface area contributed by atoms with Crippen LogP contribution in [0.4, 0.5) is 0 Å². The van der Waals surface area contributed by atoms with Gasteiger partial charge in [-0.3, -0.25) is 38.8 Å². The zero-order valence-electron chi connectivity index (χ0n) is 32.5. The Bertz CT molecular complexity index is 1500. The van der Waals surface area contributed by atoms with Crippen LogP contribution in [0.25, 0.3) is 0 Å². The molecule has 5 N–H and O–H groups in total. The molecule has 57 heavy (non-hydrogen) atoms. The minimum absolute atomic E-state index is 0.177. The zero-order chi connectivity index (χ0) is 41.4. The highest BCUT2D eigenvalue weighted by molar-refractivity contribution is 6.43. The van der Waals surface area contributed by atoms with Crippen molar-refractivity contribution in [3.05, 3.63) is 0 Å². The smallest absolute Gasteiger partial charge is 0.426 e. The van der Waals surface area contributed by atoms with Gasteiger partial charge in [-0.2, -0.15) is 0 Å². The molecule has 4 amide bonds. The Kier molecular flexibility index (Phi) is 14.8. The Morgan fingerprint density at radius 3 is 1.79 bits per heavy atom. The number of rotatable bonds is 11. The van der Waals surface area contributed by atoms with Crippen molar-refractivity contribution in [3.8, 4) is 0 Å². The van der Waals surface area contributed by atoms with Crippen LogP contribution in [0.3, 0.4) is 0 Å². The van der Waals surface area contributed by atoms with Crippen LogP contribution in [-0.2, 0) is 57.7 Å². The number of carbonyl (C=O) groups is 8. The number of quaternary nitrogens is 1. The molecule has 1 spiro atoms. The molecule has 5 bridgehead atoms. The largest absolute Gasteiger partial charge is 0.475 e. The van der Waals surface area contributed by atoms with E-state index in [0.717, 1.165) is 0 Å². The van der Waals surface area contributed by atoms with Crippen molar-refractivity contribution in [2.24, 2.45) is 5.92 Å². The summed E-state index contributed by atoms with van der Waals surface area (Å²) in [5.41, 5.74) is 0. The summed E-state index contributed by atoms with van der Waals surface area (Å²) in [4.78, 5) is 135. The van der Waals surface area contributed by atoms with Crippen LogP contribution in [-0.4, -0.2) is 203 Å². The number of hydrogen-bond acceptors (Lipinski definition) is 18. The van der Waals surface area contributed by atoms with Crippen molar-refractivity contribution in [2.75, 3.05) is 85.1 Å². The SMILES string of the molecule is CC(C)[C@H](NC(=O)CNC(=O)CC[C@H]1C(=O)O[N+]23OC(=O)CN4CCN(CCN1CCN(CC4)CC(=O)O2)CC(=O)O3)C(=O)N[C@H](C)C(=O)N1CCC[C@H]1B(O)O. The summed E-state index contributed by atoms with van der Waals surface area (Å²) < 4.78 is 0. The molecule has 0 aromatic heterocycles. The van der Waals surface area contributed by atoms with Crippen LogP contribution in [0.5, 0.6) is 0 Å². The Labute approximate surface area is 329 Å². The maximum atomic E-state index is 13.9. The quantitative estimate of drug-likeness (QED) is 0.0965. The van der Waals surface area contributed by atoms with Gasteiger partial charge in [0.15, 0.2) is 0 Å². The van der Waals surface area contributed by atoms with Crippen LogP contribution in [0.15, 0.2) is 0 Å². The second-order valence-corrected chi connectivity index (χ2v) is 15.1. The summed E-state index contributed by atoms with van der Waals surface area (Å²) in [6, 6.07) is -3.31. The predicted molar refractivity (Wildman–Crippen MR) is 191 cm³/mol. The fraction of sp³-hybridized carbons (Fsp3) is 0.758. The molecule has 5 heterocycles. The van der Waals surface area contributed by atoms with Gasteiger partial charge in [0.05, 0.1) is 12.5 Å². The molecule has 0 radical (unpaired) electrons. The van der Waals surface area contributed by atoms with Gasteiger partial charge in [-0.05, 0) is 32.1 Å². The Balaban J connectivity index is 1.24. The average Bonchev–Trinajstić information content (AvgIpc) is 3.61. The van der Waals surface area contributed by atoms with Crippen molar-refractivity contribution in [1.29, 1.82) is 0 Å². The van der Waals surface area contributed by atoms with Crippen molar-refractivity contribution in [3.63, 3.8) is 0 Å². The first kappa shape index (κ1) is 43.7.